The van der Waals surface area contributed by atoms with E-state index in [1.807, 2.05) is 44.7 Å². The number of likely N-dealkylation sites (tertiary alicyclic amines) is 1. The van der Waals surface area contributed by atoms with E-state index in [0.717, 1.165) is 62.4 Å². The summed E-state index contributed by atoms with van der Waals surface area (Å²) in [4.78, 5) is 25.1. The van der Waals surface area contributed by atoms with Gasteiger partial charge in [-0.1, -0.05) is 11.6 Å². The third kappa shape index (κ3) is 6.79. The van der Waals surface area contributed by atoms with E-state index in [0.29, 0.717) is 28.8 Å². The molecular weight excluding hydrogens is 507 g/mol. The molecule has 0 unspecified atom stereocenters. The van der Waals surface area contributed by atoms with Crippen molar-refractivity contribution in [1.29, 1.82) is 0 Å². The standard InChI is InChI=1S/C27H36ClFN8O/c1-5-37(6-2)25(38)9-12-36-10-7-19(8-11-36)20-15-22(29)23(13-17(20)3)31-27-30-16-21(28)26(33-27)32-24-14-18(4)34-35-24/h13-16,19H,5-12H2,1-4H3,(H3,30,31,32,33,34,35). The quantitative estimate of drug-likeness (QED) is 0.309. The van der Waals surface area contributed by atoms with Crippen molar-refractivity contribution >= 4 is 40.8 Å². The molecular formula is C27H36ClFN8O. The smallest absolute Gasteiger partial charge is 0.229 e. The first-order valence-electron chi connectivity index (χ1n) is 13.2. The maximum absolute atomic E-state index is 15.2. The van der Waals surface area contributed by atoms with Crippen LogP contribution in [-0.2, 0) is 4.79 Å². The Morgan fingerprint density at radius 1 is 1.18 bits per heavy atom. The fourth-order valence-electron chi connectivity index (χ4n) is 4.93. The minimum atomic E-state index is -0.353. The Labute approximate surface area is 228 Å². The molecule has 3 heterocycles. The third-order valence-electron chi connectivity index (χ3n) is 7.08. The number of amides is 1. The minimum absolute atomic E-state index is 0.210. The number of carbonyl (C=O) groups excluding carboxylic acids is 1. The van der Waals surface area contributed by atoms with Crippen LogP contribution in [-0.4, -0.2) is 68.6 Å². The Hall–Kier alpha value is -3.24. The van der Waals surface area contributed by atoms with Crippen LogP contribution in [0.3, 0.4) is 0 Å². The van der Waals surface area contributed by atoms with E-state index >= 15 is 4.39 Å². The molecule has 0 bridgehead atoms. The monoisotopic (exact) mass is 542 g/mol. The fourth-order valence-corrected chi connectivity index (χ4v) is 5.07. The highest BCUT2D eigenvalue weighted by Crippen LogP contribution is 2.34. The summed E-state index contributed by atoms with van der Waals surface area (Å²) >= 11 is 6.24. The van der Waals surface area contributed by atoms with Gasteiger partial charge < -0.3 is 20.4 Å². The van der Waals surface area contributed by atoms with Gasteiger partial charge in [0.15, 0.2) is 11.6 Å². The second-order valence-electron chi connectivity index (χ2n) is 9.70. The van der Waals surface area contributed by atoms with E-state index in [-0.39, 0.29) is 23.6 Å². The van der Waals surface area contributed by atoms with Crippen LogP contribution in [0.15, 0.2) is 24.4 Å². The van der Waals surface area contributed by atoms with E-state index in [9.17, 15) is 4.79 Å². The highest BCUT2D eigenvalue weighted by atomic mass is 35.5. The number of aryl methyl sites for hydroxylation is 2. The van der Waals surface area contributed by atoms with E-state index in [1.54, 1.807) is 6.07 Å². The maximum atomic E-state index is 15.2. The first-order valence-corrected chi connectivity index (χ1v) is 13.5. The number of aromatic amines is 1. The molecule has 0 aliphatic carbocycles. The number of halogens is 2. The van der Waals surface area contributed by atoms with Crippen molar-refractivity contribution in [3.05, 3.63) is 52.1 Å². The molecule has 2 aromatic heterocycles. The molecule has 1 amide bonds. The Balaban J connectivity index is 1.37. The van der Waals surface area contributed by atoms with Gasteiger partial charge in [-0.25, -0.2) is 9.37 Å². The molecule has 0 saturated carbocycles. The molecule has 38 heavy (non-hydrogen) atoms. The summed E-state index contributed by atoms with van der Waals surface area (Å²) in [6, 6.07) is 5.26. The molecule has 0 spiro atoms. The number of nitrogens with one attached hydrogen (secondary N) is 3. The van der Waals surface area contributed by atoms with Crippen molar-refractivity contribution in [3.8, 4) is 0 Å². The number of rotatable bonds is 10. The van der Waals surface area contributed by atoms with E-state index in [1.165, 1.54) is 6.20 Å². The van der Waals surface area contributed by atoms with Gasteiger partial charge in [0.25, 0.3) is 0 Å². The van der Waals surface area contributed by atoms with Gasteiger partial charge in [0, 0.05) is 37.8 Å². The molecule has 0 radical (unpaired) electrons. The van der Waals surface area contributed by atoms with Gasteiger partial charge >= 0.3 is 0 Å². The summed E-state index contributed by atoms with van der Waals surface area (Å²) in [5.74, 6) is 1.31. The van der Waals surface area contributed by atoms with Crippen LogP contribution in [0.1, 0.15) is 55.8 Å². The number of carbonyl (C=O) groups is 1. The molecule has 0 atom stereocenters. The van der Waals surface area contributed by atoms with Gasteiger partial charge in [-0.3, -0.25) is 9.89 Å². The van der Waals surface area contributed by atoms with Crippen molar-refractivity contribution < 1.29 is 9.18 Å². The zero-order valence-corrected chi connectivity index (χ0v) is 23.2. The molecule has 1 aromatic carbocycles. The number of anilines is 4. The van der Waals surface area contributed by atoms with Crippen LogP contribution >= 0.6 is 11.6 Å². The van der Waals surface area contributed by atoms with Crippen LogP contribution < -0.4 is 10.6 Å². The van der Waals surface area contributed by atoms with Crippen molar-refractivity contribution in [1.82, 2.24) is 30.0 Å². The predicted molar refractivity (Wildman–Crippen MR) is 149 cm³/mol. The largest absolute Gasteiger partial charge is 0.343 e. The topological polar surface area (TPSA) is 102 Å². The average Bonchev–Trinajstić information content (AvgIpc) is 3.32. The normalized spacial score (nSPS) is 14.5. The number of benzene rings is 1. The highest BCUT2D eigenvalue weighted by Gasteiger charge is 2.24. The van der Waals surface area contributed by atoms with Crippen LogP contribution in [0.25, 0.3) is 0 Å². The van der Waals surface area contributed by atoms with E-state index in [2.05, 4.69) is 35.7 Å². The number of aromatic nitrogens is 4. The van der Waals surface area contributed by atoms with Gasteiger partial charge in [0.2, 0.25) is 11.9 Å². The highest BCUT2D eigenvalue weighted by molar-refractivity contribution is 6.32. The summed E-state index contributed by atoms with van der Waals surface area (Å²) in [6.45, 7) is 12.0. The Kier molecular flexibility index (Phi) is 9.17. The Morgan fingerprint density at radius 3 is 2.58 bits per heavy atom. The number of nitrogens with zero attached hydrogens (tertiary/aromatic N) is 5. The fraction of sp³-hybridized carbons (Fsp3) is 0.481. The predicted octanol–water partition coefficient (Wildman–Crippen LogP) is 5.53. The summed E-state index contributed by atoms with van der Waals surface area (Å²) in [6.07, 6.45) is 3.88. The van der Waals surface area contributed by atoms with Crippen molar-refractivity contribution in [3.63, 3.8) is 0 Å². The van der Waals surface area contributed by atoms with Crippen LogP contribution in [0.5, 0.6) is 0 Å². The Morgan fingerprint density at radius 2 is 1.92 bits per heavy atom. The van der Waals surface area contributed by atoms with Crippen LogP contribution in [0.2, 0.25) is 5.02 Å². The third-order valence-corrected chi connectivity index (χ3v) is 7.36. The lowest BCUT2D eigenvalue weighted by atomic mass is 9.86. The first kappa shape index (κ1) is 27.8. The van der Waals surface area contributed by atoms with Gasteiger partial charge in [0.05, 0.1) is 11.9 Å². The maximum Gasteiger partial charge on any atom is 0.229 e. The summed E-state index contributed by atoms with van der Waals surface area (Å²) < 4.78 is 15.2. The second-order valence-corrected chi connectivity index (χ2v) is 10.1. The van der Waals surface area contributed by atoms with Crippen molar-refractivity contribution in [2.45, 2.75) is 52.9 Å². The number of hydrogen-bond acceptors (Lipinski definition) is 7. The SMILES string of the molecule is CCN(CC)C(=O)CCN1CCC(c2cc(F)c(Nc3ncc(Cl)c(Nc4cc(C)[nH]n4)n3)cc2C)CC1. The number of piperidine rings is 1. The molecule has 4 rings (SSSR count). The lowest BCUT2D eigenvalue weighted by Crippen LogP contribution is -2.37. The molecule has 1 fully saturated rings. The molecule has 204 valence electrons. The summed E-state index contributed by atoms with van der Waals surface area (Å²) in [7, 11) is 0. The molecule has 3 aromatic rings. The van der Waals surface area contributed by atoms with Gasteiger partial charge in [-0.15, -0.1) is 0 Å². The molecule has 1 saturated heterocycles. The van der Waals surface area contributed by atoms with Gasteiger partial charge in [-0.05, 0) is 82.8 Å². The second kappa shape index (κ2) is 12.5. The summed E-state index contributed by atoms with van der Waals surface area (Å²) in [5.41, 5.74) is 3.25. The summed E-state index contributed by atoms with van der Waals surface area (Å²) in [5, 5.41) is 13.3. The molecule has 1 aliphatic heterocycles. The molecule has 3 N–H and O–H groups in total. The lowest BCUT2D eigenvalue weighted by molar-refractivity contribution is -0.131. The van der Waals surface area contributed by atoms with Gasteiger partial charge in [-0.2, -0.15) is 10.1 Å². The minimum Gasteiger partial charge on any atom is -0.343 e. The molecule has 1 aliphatic rings. The molecule has 9 nitrogen and oxygen atoms in total. The van der Waals surface area contributed by atoms with E-state index < -0.39 is 0 Å². The van der Waals surface area contributed by atoms with Crippen LogP contribution in [0.4, 0.5) is 27.7 Å². The van der Waals surface area contributed by atoms with Crippen molar-refractivity contribution in [2.24, 2.45) is 0 Å². The Bertz CT molecular complexity index is 1250. The lowest BCUT2D eigenvalue weighted by Gasteiger charge is -2.33. The first-order chi connectivity index (χ1) is 18.3. The number of hydrogen-bond donors (Lipinski definition) is 3. The molecule has 11 heteroatoms. The van der Waals surface area contributed by atoms with E-state index in [4.69, 9.17) is 11.6 Å². The van der Waals surface area contributed by atoms with Gasteiger partial charge in [0.1, 0.15) is 10.8 Å². The zero-order chi connectivity index (χ0) is 27.2. The number of H-pyrrole nitrogens is 1. The zero-order valence-electron chi connectivity index (χ0n) is 22.4. The van der Waals surface area contributed by atoms with Crippen LogP contribution in [0, 0.1) is 19.7 Å². The average molecular weight is 543 g/mol. The van der Waals surface area contributed by atoms with Crippen molar-refractivity contribution in [2.75, 3.05) is 43.4 Å².